The van der Waals surface area contributed by atoms with Crippen LogP contribution in [0.25, 0.3) is 10.8 Å². The van der Waals surface area contributed by atoms with Crippen LogP contribution in [-0.2, 0) is 5.41 Å². The highest BCUT2D eigenvalue weighted by Gasteiger charge is 2.43. The molecule has 0 unspecified atom stereocenters. The summed E-state index contributed by atoms with van der Waals surface area (Å²) < 4.78 is 0. The molecule has 24 heavy (non-hydrogen) atoms. The molecule has 120 valence electrons. The smallest absolute Gasteiger partial charge is 0.0729 e. The number of nitrogens with zero attached hydrogens (tertiary/aromatic N) is 1. The van der Waals surface area contributed by atoms with Gasteiger partial charge in [-0.25, -0.2) is 0 Å². The predicted molar refractivity (Wildman–Crippen MR) is 103 cm³/mol. The van der Waals surface area contributed by atoms with Crippen LogP contribution in [-0.4, -0.2) is 11.3 Å². The van der Waals surface area contributed by atoms with Crippen LogP contribution in [0.1, 0.15) is 44.4 Å². The predicted octanol–water partition coefficient (Wildman–Crippen LogP) is 5.75. The lowest BCUT2D eigenvalue weighted by Crippen LogP contribution is -2.46. The largest absolute Gasteiger partial charge is 0.277 e. The normalized spacial score (nSPS) is 18.1. The number of rotatable bonds is 1. The number of fused-ring (bicyclic) bond motifs is 2. The summed E-state index contributed by atoms with van der Waals surface area (Å²) in [4.78, 5) is 5.20. The molecule has 0 saturated heterocycles. The first-order valence-corrected chi connectivity index (χ1v) is 8.59. The number of aliphatic imine (C=N–C) groups is 1. The Morgan fingerprint density at radius 1 is 0.708 bits per heavy atom. The molecule has 0 radical (unpaired) electrons. The molecule has 0 aromatic heterocycles. The molecule has 1 aliphatic heterocycles. The van der Waals surface area contributed by atoms with Crippen LogP contribution in [0, 0.1) is 0 Å². The van der Waals surface area contributed by atoms with Gasteiger partial charge in [0.2, 0.25) is 0 Å². The molecule has 1 nitrogen and oxygen atoms in total. The van der Waals surface area contributed by atoms with Crippen molar-refractivity contribution in [1.82, 2.24) is 0 Å². The SMILES string of the molecule is CC1(C)N=C(c2ccc3ccccc3c2)c2ccccc2C1(C)C. The molecular weight excluding hydrogens is 290 g/mol. The minimum atomic E-state index is -0.150. The van der Waals surface area contributed by atoms with Crippen molar-refractivity contribution >= 4 is 16.5 Å². The summed E-state index contributed by atoms with van der Waals surface area (Å²) in [6.07, 6.45) is 0. The summed E-state index contributed by atoms with van der Waals surface area (Å²) in [7, 11) is 0. The monoisotopic (exact) mass is 313 g/mol. The Balaban J connectivity index is 1.98. The lowest BCUT2D eigenvalue weighted by Gasteiger charge is -2.44. The third-order valence-corrected chi connectivity index (χ3v) is 5.80. The van der Waals surface area contributed by atoms with E-state index >= 15 is 0 Å². The molecule has 0 saturated carbocycles. The lowest BCUT2D eigenvalue weighted by molar-refractivity contribution is 0.303. The van der Waals surface area contributed by atoms with Crippen LogP contribution >= 0.6 is 0 Å². The molecule has 0 spiro atoms. The van der Waals surface area contributed by atoms with Crippen molar-refractivity contribution in [1.29, 1.82) is 0 Å². The van der Waals surface area contributed by atoms with Gasteiger partial charge in [0.25, 0.3) is 0 Å². The van der Waals surface area contributed by atoms with Crippen molar-refractivity contribution in [2.24, 2.45) is 4.99 Å². The zero-order valence-corrected chi connectivity index (χ0v) is 14.8. The first kappa shape index (κ1) is 15.1. The van der Waals surface area contributed by atoms with Crippen molar-refractivity contribution in [3.63, 3.8) is 0 Å². The topological polar surface area (TPSA) is 12.4 Å². The summed E-state index contributed by atoms with van der Waals surface area (Å²) in [6, 6.07) is 23.9. The first-order chi connectivity index (χ1) is 11.4. The standard InChI is InChI=1S/C23H23N/c1-22(2)20-12-8-7-11-19(20)21(24-23(22,3)4)18-14-13-16-9-5-6-10-17(16)15-18/h5-15H,1-4H3. The van der Waals surface area contributed by atoms with Gasteiger partial charge >= 0.3 is 0 Å². The molecule has 0 bridgehead atoms. The van der Waals surface area contributed by atoms with E-state index in [9.17, 15) is 0 Å². The summed E-state index contributed by atoms with van der Waals surface area (Å²) >= 11 is 0. The average molecular weight is 313 g/mol. The maximum Gasteiger partial charge on any atom is 0.0729 e. The van der Waals surface area contributed by atoms with Gasteiger partial charge in [0.05, 0.1) is 11.3 Å². The Morgan fingerprint density at radius 3 is 2.17 bits per heavy atom. The van der Waals surface area contributed by atoms with Gasteiger partial charge in [-0.15, -0.1) is 0 Å². The van der Waals surface area contributed by atoms with Crippen LogP contribution in [0.5, 0.6) is 0 Å². The van der Waals surface area contributed by atoms with Gasteiger partial charge < -0.3 is 0 Å². The van der Waals surface area contributed by atoms with Gasteiger partial charge in [-0.3, -0.25) is 4.99 Å². The Bertz CT molecular complexity index is 960. The first-order valence-electron chi connectivity index (χ1n) is 8.59. The van der Waals surface area contributed by atoms with E-state index in [-0.39, 0.29) is 11.0 Å². The minimum Gasteiger partial charge on any atom is -0.277 e. The second-order valence-electron chi connectivity index (χ2n) is 7.75. The molecule has 3 aromatic rings. The van der Waals surface area contributed by atoms with Gasteiger partial charge in [-0.2, -0.15) is 0 Å². The van der Waals surface area contributed by atoms with Gasteiger partial charge in [-0.1, -0.05) is 74.5 Å². The minimum absolute atomic E-state index is 0.00391. The molecule has 1 aliphatic rings. The zero-order valence-electron chi connectivity index (χ0n) is 14.8. The lowest BCUT2D eigenvalue weighted by atomic mass is 9.66. The zero-order chi connectivity index (χ0) is 16.9. The van der Waals surface area contributed by atoms with Crippen LogP contribution < -0.4 is 0 Å². The van der Waals surface area contributed by atoms with Crippen molar-refractivity contribution in [2.75, 3.05) is 0 Å². The molecule has 3 aromatic carbocycles. The van der Waals surface area contributed by atoms with Gasteiger partial charge in [0.1, 0.15) is 0 Å². The van der Waals surface area contributed by atoms with Gasteiger partial charge in [-0.05, 0) is 36.2 Å². The molecule has 1 heterocycles. The Hall–Kier alpha value is -2.41. The van der Waals surface area contributed by atoms with Crippen LogP contribution in [0.2, 0.25) is 0 Å². The fraction of sp³-hybridized carbons (Fsp3) is 0.261. The Kier molecular flexibility index (Phi) is 3.18. The molecule has 0 amide bonds. The molecule has 0 fully saturated rings. The molecule has 1 heteroatoms. The fourth-order valence-corrected chi connectivity index (χ4v) is 3.60. The van der Waals surface area contributed by atoms with E-state index in [1.807, 2.05) is 0 Å². The second-order valence-corrected chi connectivity index (χ2v) is 7.75. The van der Waals surface area contributed by atoms with Crippen molar-refractivity contribution < 1.29 is 0 Å². The molecule has 0 aliphatic carbocycles. The maximum atomic E-state index is 5.20. The number of hydrogen-bond donors (Lipinski definition) is 0. The Labute approximate surface area is 144 Å². The molecular formula is C23H23N. The third kappa shape index (κ3) is 2.11. The van der Waals surface area contributed by atoms with E-state index in [0.29, 0.717) is 0 Å². The quantitative estimate of drug-likeness (QED) is 0.542. The van der Waals surface area contributed by atoms with Crippen LogP contribution in [0.15, 0.2) is 71.7 Å². The third-order valence-electron chi connectivity index (χ3n) is 5.80. The van der Waals surface area contributed by atoms with E-state index in [2.05, 4.69) is 94.4 Å². The molecule has 4 rings (SSSR count). The van der Waals surface area contributed by atoms with Crippen LogP contribution in [0.3, 0.4) is 0 Å². The number of benzene rings is 3. The highest BCUT2D eigenvalue weighted by atomic mass is 14.9. The summed E-state index contributed by atoms with van der Waals surface area (Å²) in [5, 5.41) is 2.53. The highest BCUT2D eigenvalue weighted by Crippen LogP contribution is 2.43. The molecule has 0 N–H and O–H groups in total. The Morgan fingerprint density at radius 2 is 1.38 bits per heavy atom. The average Bonchev–Trinajstić information content (AvgIpc) is 2.58. The van der Waals surface area contributed by atoms with E-state index in [1.165, 1.54) is 27.5 Å². The van der Waals surface area contributed by atoms with E-state index < -0.39 is 0 Å². The number of hydrogen-bond acceptors (Lipinski definition) is 1. The van der Waals surface area contributed by atoms with Crippen molar-refractivity contribution in [3.05, 3.63) is 83.4 Å². The van der Waals surface area contributed by atoms with Gasteiger partial charge in [0, 0.05) is 16.5 Å². The fourth-order valence-electron chi connectivity index (χ4n) is 3.60. The van der Waals surface area contributed by atoms with Crippen molar-refractivity contribution in [2.45, 2.75) is 38.6 Å². The summed E-state index contributed by atoms with van der Waals surface area (Å²) in [5.41, 5.74) is 4.81. The van der Waals surface area contributed by atoms with Crippen molar-refractivity contribution in [3.8, 4) is 0 Å². The highest BCUT2D eigenvalue weighted by molar-refractivity contribution is 6.16. The van der Waals surface area contributed by atoms with E-state index in [1.54, 1.807) is 0 Å². The van der Waals surface area contributed by atoms with E-state index in [0.717, 1.165) is 5.71 Å². The summed E-state index contributed by atoms with van der Waals surface area (Å²) in [5.74, 6) is 0. The molecule has 0 atom stereocenters. The maximum absolute atomic E-state index is 5.20. The summed E-state index contributed by atoms with van der Waals surface area (Å²) in [6.45, 7) is 9.08. The second kappa shape index (κ2) is 5.04. The van der Waals surface area contributed by atoms with E-state index in [4.69, 9.17) is 4.99 Å². The van der Waals surface area contributed by atoms with Gasteiger partial charge in [0.15, 0.2) is 0 Å². The van der Waals surface area contributed by atoms with Crippen LogP contribution in [0.4, 0.5) is 0 Å².